The summed E-state index contributed by atoms with van der Waals surface area (Å²) >= 11 is 3.36. The smallest absolute Gasteiger partial charge is 0.337 e. The summed E-state index contributed by atoms with van der Waals surface area (Å²) in [6, 6.07) is 4.90. The number of fused-ring (bicyclic) bond motifs is 1. The Kier molecular flexibility index (Phi) is 3.13. The number of carbonyl (C=O) groups is 1. The van der Waals surface area contributed by atoms with E-state index in [-0.39, 0.29) is 5.25 Å². The van der Waals surface area contributed by atoms with E-state index < -0.39 is 16.0 Å². The van der Waals surface area contributed by atoms with Crippen LogP contribution < -0.4 is 0 Å². The molecule has 5 nitrogen and oxygen atoms in total. The molecule has 2 aromatic rings. The van der Waals surface area contributed by atoms with Gasteiger partial charge in [0.25, 0.3) is 0 Å². The first-order chi connectivity index (χ1) is 9.45. The highest BCUT2D eigenvalue weighted by Crippen LogP contribution is 2.34. The summed E-state index contributed by atoms with van der Waals surface area (Å²) in [7, 11) is -2.08. The quantitative estimate of drug-likeness (QED) is 0.791. The monoisotopic (exact) mass is 357 g/mol. The van der Waals surface area contributed by atoms with Crippen molar-refractivity contribution in [2.45, 2.75) is 18.1 Å². The number of hydrogen-bond donors (Lipinski definition) is 0. The average Bonchev–Trinajstić information content (AvgIpc) is 3.18. The third kappa shape index (κ3) is 2.05. The van der Waals surface area contributed by atoms with E-state index in [2.05, 4.69) is 20.7 Å². The van der Waals surface area contributed by atoms with Gasteiger partial charge in [0.05, 0.1) is 23.4 Å². The van der Waals surface area contributed by atoms with E-state index in [1.807, 2.05) is 0 Å². The minimum atomic E-state index is -3.37. The van der Waals surface area contributed by atoms with Gasteiger partial charge in [-0.25, -0.2) is 17.2 Å². The lowest BCUT2D eigenvalue weighted by Crippen LogP contribution is -2.16. The number of carbonyl (C=O) groups excluding carboxylic acids is 1. The number of halogens is 1. The number of ether oxygens (including phenoxy) is 1. The largest absolute Gasteiger partial charge is 0.465 e. The van der Waals surface area contributed by atoms with E-state index in [9.17, 15) is 13.2 Å². The Morgan fingerprint density at radius 2 is 2.10 bits per heavy atom. The second-order valence-electron chi connectivity index (χ2n) is 4.74. The Hall–Kier alpha value is -1.34. The first kappa shape index (κ1) is 13.6. The number of rotatable bonds is 3. The van der Waals surface area contributed by atoms with Crippen LogP contribution in [-0.2, 0) is 14.8 Å². The zero-order valence-electron chi connectivity index (χ0n) is 10.7. The maximum atomic E-state index is 12.4. The second-order valence-corrected chi connectivity index (χ2v) is 7.68. The highest BCUT2D eigenvalue weighted by atomic mass is 79.9. The third-order valence-corrected chi connectivity index (χ3v) is 6.20. The van der Waals surface area contributed by atoms with Crippen molar-refractivity contribution in [1.82, 2.24) is 3.97 Å². The SMILES string of the molecule is COC(=O)c1cc(Br)c2ccn(S(=O)(=O)C3CC3)c2c1. The molecule has 1 aromatic carbocycles. The van der Waals surface area contributed by atoms with Gasteiger partial charge in [-0.05, 0) is 31.0 Å². The van der Waals surface area contributed by atoms with Gasteiger partial charge in [-0.1, -0.05) is 15.9 Å². The van der Waals surface area contributed by atoms with Crippen LogP contribution in [0.25, 0.3) is 10.9 Å². The summed E-state index contributed by atoms with van der Waals surface area (Å²) in [5.41, 5.74) is 0.810. The summed E-state index contributed by atoms with van der Waals surface area (Å²) in [4.78, 5) is 11.6. The van der Waals surface area contributed by atoms with Crippen LogP contribution in [0.5, 0.6) is 0 Å². The first-order valence-corrected chi connectivity index (χ1v) is 8.38. The molecule has 20 heavy (non-hydrogen) atoms. The van der Waals surface area contributed by atoms with Crippen molar-refractivity contribution in [2.24, 2.45) is 0 Å². The van der Waals surface area contributed by atoms with Crippen molar-refractivity contribution in [1.29, 1.82) is 0 Å². The standard InChI is InChI=1S/C13H12BrNO4S/c1-19-13(16)8-6-11(14)10-4-5-15(12(10)7-8)20(17,18)9-2-3-9/h4-7,9H,2-3H2,1H3. The van der Waals surface area contributed by atoms with Crippen molar-refractivity contribution >= 4 is 42.8 Å². The van der Waals surface area contributed by atoms with Crippen molar-refractivity contribution in [2.75, 3.05) is 7.11 Å². The van der Waals surface area contributed by atoms with E-state index in [1.165, 1.54) is 17.3 Å². The van der Waals surface area contributed by atoms with Gasteiger partial charge in [-0.3, -0.25) is 0 Å². The molecule has 0 atom stereocenters. The topological polar surface area (TPSA) is 65.4 Å². The van der Waals surface area contributed by atoms with Crippen LogP contribution in [0.1, 0.15) is 23.2 Å². The highest BCUT2D eigenvalue weighted by molar-refractivity contribution is 9.10. The molecule has 0 spiro atoms. The normalized spacial score (nSPS) is 15.5. The molecule has 0 saturated heterocycles. The number of hydrogen-bond acceptors (Lipinski definition) is 4. The van der Waals surface area contributed by atoms with Gasteiger partial charge in [0.15, 0.2) is 0 Å². The Labute approximate surface area is 124 Å². The van der Waals surface area contributed by atoms with Gasteiger partial charge >= 0.3 is 5.97 Å². The molecule has 1 saturated carbocycles. The second kappa shape index (κ2) is 4.60. The van der Waals surface area contributed by atoms with Crippen LogP contribution in [-0.4, -0.2) is 30.7 Å². The molecule has 1 aliphatic rings. The van der Waals surface area contributed by atoms with Crippen LogP contribution >= 0.6 is 15.9 Å². The molecule has 0 amide bonds. The zero-order chi connectivity index (χ0) is 14.5. The van der Waals surface area contributed by atoms with Crippen molar-refractivity contribution in [3.8, 4) is 0 Å². The van der Waals surface area contributed by atoms with Gasteiger partial charge in [0.1, 0.15) is 0 Å². The van der Waals surface area contributed by atoms with E-state index in [1.54, 1.807) is 18.2 Å². The molecule has 0 unspecified atom stereocenters. The van der Waals surface area contributed by atoms with Gasteiger partial charge in [0, 0.05) is 16.1 Å². The van der Waals surface area contributed by atoms with E-state index in [0.29, 0.717) is 28.4 Å². The molecule has 0 bridgehead atoms. The number of benzene rings is 1. The molecule has 0 N–H and O–H groups in total. The minimum absolute atomic E-state index is 0.307. The van der Waals surface area contributed by atoms with Gasteiger partial charge < -0.3 is 4.74 Å². The minimum Gasteiger partial charge on any atom is -0.465 e. The van der Waals surface area contributed by atoms with E-state index in [4.69, 9.17) is 0 Å². The number of aromatic nitrogens is 1. The molecule has 7 heteroatoms. The Balaban J connectivity index is 2.25. The number of methoxy groups -OCH3 is 1. The van der Waals surface area contributed by atoms with Crippen molar-refractivity contribution in [3.05, 3.63) is 34.4 Å². The summed E-state index contributed by atoms with van der Waals surface area (Å²) in [6.45, 7) is 0. The average molecular weight is 358 g/mol. The third-order valence-electron chi connectivity index (χ3n) is 3.36. The van der Waals surface area contributed by atoms with E-state index in [0.717, 1.165) is 5.39 Å². The predicted molar refractivity (Wildman–Crippen MR) is 78.3 cm³/mol. The molecular formula is C13H12BrNO4S. The maximum absolute atomic E-state index is 12.4. The Bertz CT molecular complexity index is 805. The molecule has 3 rings (SSSR count). The molecule has 1 fully saturated rings. The summed E-state index contributed by atoms with van der Waals surface area (Å²) < 4.78 is 31.3. The summed E-state index contributed by atoms with van der Waals surface area (Å²) in [5.74, 6) is -0.496. The van der Waals surface area contributed by atoms with E-state index >= 15 is 0 Å². The lowest BCUT2D eigenvalue weighted by molar-refractivity contribution is 0.0601. The lowest BCUT2D eigenvalue weighted by atomic mass is 10.2. The summed E-state index contributed by atoms with van der Waals surface area (Å²) in [6.07, 6.45) is 2.92. The molecule has 0 aliphatic heterocycles. The predicted octanol–water partition coefficient (Wildman–Crippen LogP) is 2.53. The fraction of sp³-hybridized carbons (Fsp3) is 0.308. The van der Waals surface area contributed by atoms with Crippen LogP contribution in [0.15, 0.2) is 28.9 Å². The van der Waals surface area contributed by atoms with Gasteiger partial charge in [0.2, 0.25) is 10.0 Å². The molecular weight excluding hydrogens is 346 g/mol. The van der Waals surface area contributed by atoms with Crippen molar-refractivity contribution in [3.63, 3.8) is 0 Å². The summed E-state index contributed by atoms with van der Waals surface area (Å²) in [5, 5.41) is 0.445. The lowest BCUT2D eigenvalue weighted by Gasteiger charge is -2.08. The fourth-order valence-corrected chi connectivity index (χ4v) is 4.45. The molecule has 0 radical (unpaired) electrons. The van der Waals surface area contributed by atoms with Crippen LogP contribution in [0.2, 0.25) is 0 Å². The molecule has 1 aromatic heterocycles. The first-order valence-electron chi connectivity index (χ1n) is 6.08. The van der Waals surface area contributed by atoms with Gasteiger partial charge in [-0.2, -0.15) is 0 Å². The highest BCUT2D eigenvalue weighted by Gasteiger charge is 2.37. The fourth-order valence-electron chi connectivity index (χ4n) is 2.16. The molecule has 1 heterocycles. The number of esters is 1. The van der Waals surface area contributed by atoms with Crippen LogP contribution in [0.3, 0.4) is 0 Å². The number of nitrogens with zero attached hydrogens (tertiary/aromatic N) is 1. The Morgan fingerprint density at radius 3 is 2.70 bits per heavy atom. The molecule has 106 valence electrons. The van der Waals surface area contributed by atoms with Crippen LogP contribution in [0, 0.1) is 0 Å². The zero-order valence-corrected chi connectivity index (χ0v) is 13.1. The molecule has 1 aliphatic carbocycles. The Morgan fingerprint density at radius 1 is 1.40 bits per heavy atom. The maximum Gasteiger partial charge on any atom is 0.337 e. The van der Waals surface area contributed by atoms with Crippen molar-refractivity contribution < 1.29 is 17.9 Å². The van der Waals surface area contributed by atoms with Crippen LogP contribution in [0.4, 0.5) is 0 Å². The van der Waals surface area contributed by atoms with Gasteiger partial charge in [-0.15, -0.1) is 0 Å².